The van der Waals surface area contributed by atoms with Crippen LogP contribution in [0.25, 0.3) is 11.4 Å². The van der Waals surface area contributed by atoms with Crippen LogP contribution in [0.3, 0.4) is 0 Å². The summed E-state index contributed by atoms with van der Waals surface area (Å²) in [6.07, 6.45) is 2.19. The second kappa shape index (κ2) is 9.05. The number of carbonyl (C=O) groups excluding carboxylic acids is 1. The molecule has 0 radical (unpaired) electrons. The number of para-hydroxylation sites is 1. The highest BCUT2D eigenvalue weighted by Crippen LogP contribution is 2.26. The molecule has 0 spiro atoms. The van der Waals surface area contributed by atoms with Gasteiger partial charge in [0.1, 0.15) is 6.33 Å². The molecule has 2 heterocycles. The number of nitrogens with one attached hydrogen (secondary N) is 2. The Morgan fingerprint density at radius 3 is 3.04 bits per heavy atom. The first-order valence-corrected chi connectivity index (χ1v) is 9.01. The number of nitrogens with zero attached hydrogens (tertiary/aromatic N) is 3. The van der Waals surface area contributed by atoms with Gasteiger partial charge in [0.05, 0.1) is 5.69 Å². The van der Waals surface area contributed by atoms with Crippen molar-refractivity contribution in [3.63, 3.8) is 0 Å². The molecule has 3 rings (SSSR count). The minimum atomic E-state index is 0. The summed E-state index contributed by atoms with van der Waals surface area (Å²) in [7, 11) is 0. The zero-order chi connectivity index (χ0) is 16.1. The fraction of sp³-hybridized carbons (Fsp3) is 0.438. The van der Waals surface area contributed by atoms with Crippen LogP contribution in [0, 0.1) is 0 Å². The highest BCUT2D eigenvalue weighted by molar-refractivity contribution is 7.99. The van der Waals surface area contributed by atoms with E-state index in [-0.39, 0.29) is 24.4 Å². The predicted molar refractivity (Wildman–Crippen MR) is 101 cm³/mol. The van der Waals surface area contributed by atoms with E-state index in [9.17, 15) is 4.79 Å². The predicted octanol–water partition coefficient (Wildman–Crippen LogP) is 2.42. The van der Waals surface area contributed by atoms with Crippen LogP contribution in [0.5, 0.6) is 0 Å². The molecular weight excluding hydrogens is 346 g/mol. The van der Waals surface area contributed by atoms with E-state index < -0.39 is 0 Å². The maximum absolute atomic E-state index is 12.4. The van der Waals surface area contributed by atoms with Crippen LogP contribution in [0.1, 0.15) is 13.3 Å². The molecule has 1 fully saturated rings. The molecule has 1 unspecified atom stereocenters. The zero-order valence-electron chi connectivity index (χ0n) is 13.6. The molecule has 0 saturated carbocycles. The van der Waals surface area contributed by atoms with Gasteiger partial charge >= 0.3 is 0 Å². The number of thioether (sulfide) groups is 1. The van der Waals surface area contributed by atoms with Gasteiger partial charge in [-0.05, 0) is 19.1 Å². The summed E-state index contributed by atoms with van der Waals surface area (Å²) in [4.78, 5) is 12.4. The topological polar surface area (TPSA) is 71.8 Å². The SMILES string of the molecule is CCn1cnnc1-c1ccccc1NC(=O)CC1CSCCN1.Cl. The normalized spacial score (nSPS) is 17.1. The van der Waals surface area contributed by atoms with Gasteiger partial charge in [-0.1, -0.05) is 12.1 Å². The van der Waals surface area contributed by atoms with Gasteiger partial charge < -0.3 is 15.2 Å². The summed E-state index contributed by atoms with van der Waals surface area (Å²) in [5.41, 5.74) is 1.68. The summed E-state index contributed by atoms with van der Waals surface area (Å²) in [6.45, 7) is 3.80. The Labute approximate surface area is 152 Å². The first-order valence-electron chi connectivity index (χ1n) is 7.86. The van der Waals surface area contributed by atoms with E-state index in [1.807, 2.05) is 47.5 Å². The number of aromatic nitrogens is 3. The van der Waals surface area contributed by atoms with E-state index in [1.54, 1.807) is 6.33 Å². The number of benzene rings is 1. The van der Waals surface area contributed by atoms with Crippen molar-refractivity contribution in [2.45, 2.75) is 25.9 Å². The Balaban J connectivity index is 0.00000208. The van der Waals surface area contributed by atoms with Gasteiger partial charge in [0.2, 0.25) is 5.91 Å². The third-order valence-corrected chi connectivity index (χ3v) is 4.96. The molecule has 1 atom stereocenters. The van der Waals surface area contributed by atoms with Crippen LogP contribution >= 0.6 is 24.2 Å². The highest BCUT2D eigenvalue weighted by atomic mass is 35.5. The van der Waals surface area contributed by atoms with Crippen molar-refractivity contribution in [3.05, 3.63) is 30.6 Å². The largest absolute Gasteiger partial charge is 0.325 e. The average molecular weight is 368 g/mol. The lowest BCUT2D eigenvalue weighted by Crippen LogP contribution is -2.39. The van der Waals surface area contributed by atoms with Gasteiger partial charge in [-0.3, -0.25) is 4.79 Å². The quantitative estimate of drug-likeness (QED) is 0.849. The van der Waals surface area contributed by atoms with Crippen molar-refractivity contribution in [1.29, 1.82) is 0 Å². The minimum Gasteiger partial charge on any atom is -0.325 e. The average Bonchev–Trinajstić information content (AvgIpc) is 3.04. The van der Waals surface area contributed by atoms with Crippen molar-refractivity contribution in [2.75, 3.05) is 23.4 Å². The zero-order valence-corrected chi connectivity index (χ0v) is 15.2. The first kappa shape index (κ1) is 18.8. The van der Waals surface area contributed by atoms with Gasteiger partial charge in [-0.15, -0.1) is 22.6 Å². The summed E-state index contributed by atoms with van der Waals surface area (Å²) < 4.78 is 1.96. The molecule has 130 valence electrons. The molecule has 6 nitrogen and oxygen atoms in total. The molecular formula is C16H22ClN5OS. The number of hydrogen-bond donors (Lipinski definition) is 2. The molecule has 2 aromatic rings. The summed E-state index contributed by atoms with van der Waals surface area (Å²) in [5.74, 6) is 2.90. The van der Waals surface area contributed by atoms with Gasteiger partial charge in [0.15, 0.2) is 5.82 Å². The van der Waals surface area contributed by atoms with Crippen molar-refractivity contribution in [1.82, 2.24) is 20.1 Å². The molecule has 0 bridgehead atoms. The lowest BCUT2D eigenvalue weighted by atomic mass is 10.1. The van der Waals surface area contributed by atoms with Crippen LogP contribution in [-0.2, 0) is 11.3 Å². The molecule has 1 saturated heterocycles. The maximum atomic E-state index is 12.4. The lowest BCUT2D eigenvalue weighted by molar-refractivity contribution is -0.116. The van der Waals surface area contributed by atoms with Crippen molar-refractivity contribution in [2.24, 2.45) is 0 Å². The number of carbonyl (C=O) groups is 1. The number of anilines is 1. The van der Waals surface area contributed by atoms with E-state index in [1.165, 1.54) is 0 Å². The summed E-state index contributed by atoms with van der Waals surface area (Å²) in [5, 5.41) is 14.6. The number of hydrogen-bond acceptors (Lipinski definition) is 5. The van der Waals surface area contributed by atoms with Gasteiger partial charge in [0.25, 0.3) is 0 Å². The standard InChI is InChI=1S/C16H21N5OS.ClH/c1-2-21-11-18-20-16(21)13-5-3-4-6-14(13)19-15(22)9-12-10-23-8-7-17-12;/h3-6,11-12,17H,2,7-10H2,1H3,(H,19,22);1H. The van der Waals surface area contributed by atoms with Gasteiger partial charge in [-0.2, -0.15) is 11.8 Å². The summed E-state index contributed by atoms with van der Waals surface area (Å²) in [6, 6.07) is 7.98. The maximum Gasteiger partial charge on any atom is 0.225 e. The molecule has 2 N–H and O–H groups in total. The Morgan fingerprint density at radius 1 is 1.46 bits per heavy atom. The van der Waals surface area contributed by atoms with Crippen LogP contribution in [0.4, 0.5) is 5.69 Å². The highest BCUT2D eigenvalue weighted by Gasteiger charge is 2.18. The number of rotatable bonds is 5. The fourth-order valence-corrected chi connectivity index (χ4v) is 3.61. The van der Waals surface area contributed by atoms with E-state index in [2.05, 4.69) is 20.8 Å². The monoisotopic (exact) mass is 367 g/mol. The van der Waals surface area contributed by atoms with E-state index in [0.29, 0.717) is 6.42 Å². The Bertz CT molecular complexity index is 672. The Hall–Kier alpha value is -1.57. The molecule has 1 amide bonds. The molecule has 1 aliphatic heterocycles. The van der Waals surface area contributed by atoms with Crippen LogP contribution < -0.4 is 10.6 Å². The Morgan fingerprint density at radius 2 is 2.29 bits per heavy atom. The molecule has 1 aliphatic rings. The smallest absolute Gasteiger partial charge is 0.225 e. The van der Waals surface area contributed by atoms with Crippen molar-refractivity contribution < 1.29 is 4.79 Å². The molecule has 8 heteroatoms. The molecule has 0 aliphatic carbocycles. The lowest BCUT2D eigenvalue weighted by Gasteiger charge is -2.22. The van der Waals surface area contributed by atoms with Crippen LogP contribution in [0.15, 0.2) is 30.6 Å². The number of aryl methyl sites for hydroxylation is 1. The van der Waals surface area contributed by atoms with Crippen molar-refractivity contribution >= 4 is 35.8 Å². The van der Waals surface area contributed by atoms with E-state index in [4.69, 9.17) is 0 Å². The first-order chi connectivity index (χ1) is 11.3. The van der Waals surface area contributed by atoms with E-state index >= 15 is 0 Å². The molecule has 24 heavy (non-hydrogen) atoms. The van der Waals surface area contributed by atoms with Gasteiger partial charge in [0, 0.05) is 42.6 Å². The minimum absolute atomic E-state index is 0. The number of amides is 1. The van der Waals surface area contributed by atoms with Crippen molar-refractivity contribution in [3.8, 4) is 11.4 Å². The second-order valence-electron chi connectivity index (χ2n) is 5.46. The Kier molecular flexibility index (Phi) is 7.08. The second-order valence-corrected chi connectivity index (χ2v) is 6.61. The van der Waals surface area contributed by atoms with E-state index in [0.717, 1.165) is 41.7 Å². The fourth-order valence-electron chi connectivity index (χ4n) is 2.66. The molecule has 1 aromatic heterocycles. The third kappa shape index (κ3) is 4.49. The summed E-state index contributed by atoms with van der Waals surface area (Å²) >= 11 is 1.89. The number of halogens is 1. The van der Waals surface area contributed by atoms with Gasteiger partial charge in [-0.25, -0.2) is 0 Å². The molecule has 1 aromatic carbocycles. The third-order valence-electron chi connectivity index (χ3n) is 3.83. The van der Waals surface area contributed by atoms with Crippen LogP contribution in [0.2, 0.25) is 0 Å². The van der Waals surface area contributed by atoms with Crippen LogP contribution in [-0.4, -0.2) is 44.8 Å².